The highest BCUT2D eigenvalue weighted by Crippen LogP contribution is 2.36. The van der Waals surface area contributed by atoms with Crippen molar-refractivity contribution in [3.05, 3.63) is 63.6 Å². The van der Waals surface area contributed by atoms with Gasteiger partial charge in [0, 0.05) is 28.6 Å². The van der Waals surface area contributed by atoms with E-state index in [0.717, 1.165) is 6.42 Å². The topological polar surface area (TPSA) is 105 Å². The maximum atomic E-state index is 13.5. The molecule has 0 spiro atoms. The fourth-order valence-corrected chi connectivity index (χ4v) is 5.68. The van der Waals surface area contributed by atoms with Crippen LogP contribution in [0.1, 0.15) is 44.2 Å². The second-order valence-electron chi connectivity index (χ2n) is 9.79. The maximum Gasteiger partial charge on any atom is 0.326 e. The largest absolute Gasteiger partial charge is 0.489 e. The molecule has 2 aromatic rings. The van der Waals surface area contributed by atoms with Crippen LogP contribution >= 0.6 is 23.2 Å². The Morgan fingerprint density at radius 1 is 1.13 bits per heavy atom. The van der Waals surface area contributed by atoms with E-state index in [1.807, 2.05) is 0 Å². The molecule has 2 amide bonds. The van der Waals surface area contributed by atoms with Crippen molar-refractivity contribution >= 4 is 41.0 Å². The molecule has 2 heterocycles. The number of hydrogen-bond acceptors (Lipinski definition) is 5. The SMILES string of the molecule is CCC(CC)(C(=O)N[C@@H](Cc1ccc(OCc2c(Cl)cccc2Cl)cc1)C(=O)O)C(=O)N1CC2CC1CO2. The van der Waals surface area contributed by atoms with E-state index in [9.17, 15) is 19.5 Å². The van der Waals surface area contributed by atoms with Crippen LogP contribution in [0.3, 0.4) is 0 Å². The zero-order valence-electron chi connectivity index (χ0n) is 21.4. The van der Waals surface area contributed by atoms with Gasteiger partial charge < -0.3 is 24.8 Å². The van der Waals surface area contributed by atoms with Crippen LogP contribution in [0.25, 0.3) is 0 Å². The average Bonchev–Trinajstić information content (AvgIpc) is 3.54. The zero-order chi connectivity index (χ0) is 27.4. The first kappa shape index (κ1) is 28.2. The summed E-state index contributed by atoms with van der Waals surface area (Å²) in [4.78, 5) is 40.8. The van der Waals surface area contributed by atoms with Crippen LogP contribution in [0, 0.1) is 5.41 Å². The van der Waals surface area contributed by atoms with Gasteiger partial charge in [-0.25, -0.2) is 4.79 Å². The third kappa shape index (κ3) is 5.77. The number of benzene rings is 2. The van der Waals surface area contributed by atoms with Crippen LogP contribution in [0.2, 0.25) is 10.0 Å². The molecule has 38 heavy (non-hydrogen) atoms. The summed E-state index contributed by atoms with van der Waals surface area (Å²) in [6, 6.07) is 10.9. The van der Waals surface area contributed by atoms with Gasteiger partial charge in [0.2, 0.25) is 11.8 Å². The highest BCUT2D eigenvalue weighted by molar-refractivity contribution is 6.35. The Hall–Kier alpha value is -2.81. The van der Waals surface area contributed by atoms with E-state index < -0.39 is 23.3 Å². The highest BCUT2D eigenvalue weighted by atomic mass is 35.5. The van der Waals surface area contributed by atoms with Crippen molar-refractivity contribution in [1.82, 2.24) is 10.2 Å². The molecular formula is C28H32Cl2N2O6. The summed E-state index contributed by atoms with van der Waals surface area (Å²) in [7, 11) is 0. The number of morpholine rings is 1. The normalized spacial score (nSPS) is 19.3. The monoisotopic (exact) mass is 562 g/mol. The van der Waals surface area contributed by atoms with E-state index in [4.69, 9.17) is 32.7 Å². The van der Waals surface area contributed by atoms with Crippen molar-refractivity contribution in [2.75, 3.05) is 13.2 Å². The van der Waals surface area contributed by atoms with E-state index in [0.29, 0.717) is 40.1 Å². The lowest BCUT2D eigenvalue weighted by molar-refractivity contribution is -0.156. The van der Waals surface area contributed by atoms with Gasteiger partial charge in [-0.15, -0.1) is 0 Å². The molecule has 2 saturated heterocycles. The summed E-state index contributed by atoms with van der Waals surface area (Å²) < 4.78 is 11.4. The van der Waals surface area contributed by atoms with Crippen LogP contribution < -0.4 is 10.1 Å². The molecule has 0 aromatic heterocycles. The van der Waals surface area contributed by atoms with Crippen LogP contribution in [0.5, 0.6) is 5.75 Å². The first-order valence-electron chi connectivity index (χ1n) is 12.8. The molecule has 2 N–H and O–H groups in total. The Morgan fingerprint density at radius 3 is 2.32 bits per heavy atom. The van der Waals surface area contributed by atoms with E-state index in [1.54, 1.807) is 61.2 Å². The number of halogens is 2. The molecular weight excluding hydrogens is 531 g/mol. The third-order valence-corrected chi connectivity index (χ3v) is 8.33. The second-order valence-corrected chi connectivity index (χ2v) is 10.6. The van der Waals surface area contributed by atoms with Crippen molar-refractivity contribution in [2.45, 2.75) is 64.3 Å². The number of rotatable bonds is 11. The molecule has 0 radical (unpaired) electrons. The van der Waals surface area contributed by atoms with Crippen molar-refractivity contribution < 1.29 is 29.0 Å². The van der Waals surface area contributed by atoms with Crippen molar-refractivity contribution in [2.24, 2.45) is 5.41 Å². The van der Waals surface area contributed by atoms with E-state index in [2.05, 4.69) is 5.32 Å². The Bertz CT molecular complexity index is 1160. The van der Waals surface area contributed by atoms with Crippen LogP contribution in [0.4, 0.5) is 0 Å². The van der Waals surface area contributed by atoms with Gasteiger partial charge in [0.25, 0.3) is 0 Å². The maximum absolute atomic E-state index is 13.5. The van der Waals surface area contributed by atoms with Gasteiger partial charge in [-0.05, 0) is 49.1 Å². The van der Waals surface area contributed by atoms with Crippen molar-refractivity contribution in [3.8, 4) is 5.75 Å². The van der Waals surface area contributed by atoms with Gasteiger partial charge in [-0.3, -0.25) is 9.59 Å². The zero-order valence-corrected chi connectivity index (χ0v) is 22.9. The summed E-state index contributed by atoms with van der Waals surface area (Å²) in [5.41, 5.74) is 0.0445. The second kappa shape index (κ2) is 11.9. The molecule has 4 rings (SSSR count). The summed E-state index contributed by atoms with van der Waals surface area (Å²) in [6.45, 7) is 4.70. The Morgan fingerprint density at radius 2 is 1.79 bits per heavy atom. The summed E-state index contributed by atoms with van der Waals surface area (Å²) >= 11 is 12.4. The molecule has 2 aliphatic rings. The quantitative estimate of drug-likeness (QED) is 0.391. The van der Waals surface area contributed by atoms with E-state index in [-0.39, 0.29) is 43.9 Å². The molecule has 2 unspecified atom stereocenters. The minimum absolute atomic E-state index is 0.0128. The highest BCUT2D eigenvalue weighted by Gasteiger charge is 2.51. The van der Waals surface area contributed by atoms with Gasteiger partial charge in [0.15, 0.2) is 0 Å². The van der Waals surface area contributed by atoms with Gasteiger partial charge in [0.1, 0.15) is 23.8 Å². The minimum Gasteiger partial charge on any atom is -0.489 e. The summed E-state index contributed by atoms with van der Waals surface area (Å²) in [5.74, 6) is -1.42. The average molecular weight is 563 g/mol. The van der Waals surface area contributed by atoms with Gasteiger partial charge in [-0.2, -0.15) is 0 Å². The van der Waals surface area contributed by atoms with Crippen molar-refractivity contribution in [3.63, 3.8) is 0 Å². The first-order chi connectivity index (χ1) is 18.2. The number of carbonyl (C=O) groups excluding carboxylic acids is 2. The number of carboxylic acids is 1. The molecule has 2 bridgehead atoms. The Kier molecular flexibility index (Phi) is 8.85. The fraction of sp³-hybridized carbons (Fsp3) is 0.464. The molecule has 3 atom stereocenters. The van der Waals surface area contributed by atoms with Crippen molar-refractivity contribution in [1.29, 1.82) is 0 Å². The Balaban J connectivity index is 1.41. The number of hydrogen-bond donors (Lipinski definition) is 2. The smallest absolute Gasteiger partial charge is 0.326 e. The van der Waals surface area contributed by atoms with Gasteiger partial charge in [-0.1, -0.05) is 55.2 Å². The standard InChI is InChI=1S/C28H32Cl2N2O6/c1-3-28(4-2,27(36)32-14-20-13-18(32)15-37-20)26(35)31-24(25(33)34)12-17-8-10-19(11-9-17)38-16-21-22(29)6-5-7-23(21)30/h5-11,18,20,24H,3-4,12-16H2,1-2H3,(H,31,35)(H,33,34)/t18?,20?,24-/m0/s1. The number of fused-ring (bicyclic) bond motifs is 2. The van der Waals surface area contributed by atoms with E-state index >= 15 is 0 Å². The lowest BCUT2D eigenvalue weighted by atomic mass is 9.79. The molecule has 2 fully saturated rings. The lowest BCUT2D eigenvalue weighted by Crippen LogP contribution is -2.57. The predicted octanol–water partition coefficient (Wildman–Crippen LogP) is 4.49. The number of ether oxygens (including phenoxy) is 2. The molecule has 10 heteroatoms. The third-order valence-electron chi connectivity index (χ3n) is 7.62. The fourth-order valence-electron chi connectivity index (χ4n) is 5.17. The minimum atomic E-state index is -1.32. The summed E-state index contributed by atoms with van der Waals surface area (Å²) in [6.07, 6.45) is 1.39. The predicted molar refractivity (Wildman–Crippen MR) is 143 cm³/mol. The molecule has 0 aliphatic carbocycles. The van der Waals surface area contributed by atoms with Crippen LogP contribution in [-0.4, -0.2) is 59.1 Å². The number of amides is 2. The Labute approximate surface area is 232 Å². The van der Waals surface area contributed by atoms with E-state index in [1.165, 1.54) is 0 Å². The van der Waals surface area contributed by atoms with Gasteiger partial charge in [0.05, 0.1) is 18.8 Å². The number of nitrogens with one attached hydrogen (secondary N) is 1. The molecule has 2 aromatic carbocycles. The number of aliphatic carboxylic acids is 1. The lowest BCUT2D eigenvalue weighted by Gasteiger charge is -2.37. The number of carbonyl (C=O) groups is 3. The molecule has 2 aliphatic heterocycles. The number of likely N-dealkylation sites (tertiary alicyclic amines) is 1. The molecule has 204 valence electrons. The first-order valence-corrected chi connectivity index (χ1v) is 13.5. The number of nitrogens with zero attached hydrogens (tertiary/aromatic N) is 1. The number of carboxylic acid groups (broad SMARTS) is 1. The van der Waals surface area contributed by atoms with Gasteiger partial charge >= 0.3 is 5.97 Å². The summed E-state index contributed by atoms with van der Waals surface area (Å²) in [5, 5.41) is 13.5. The van der Waals surface area contributed by atoms with Crippen LogP contribution in [-0.2, 0) is 32.1 Å². The molecule has 0 saturated carbocycles. The molecule has 8 nitrogen and oxygen atoms in total. The van der Waals surface area contributed by atoms with Crippen LogP contribution in [0.15, 0.2) is 42.5 Å².